The van der Waals surface area contributed by atoms with Gasteiger partial charge in [-0.3, -0.25) is 19.3 Å². The molecule has 0 unspecified atom stereocenters. The van der Waals surface area contributed by atoms with Crippen molar-refractivity contribution in [2.24, 2.45) is 0 Å². The number of benzene rings is 1. The van der Waals surface area contributed by atoms with Crippen LogP contribution in [-0.4, -0.2) is 78.4 Å². The molecule has 1 aromatic heterocycles. The van der Waals surface area contributed by atoms with Gasteiger partial charge in [0, 0.05) is 24.6 Å². The van der Waals surface area contributed by atoms with Crippen molar-refractivity contribution >= 4 is 17.7 Å². The van der Waals surface area contributed by atoms with E-state index in [1.165, 1.54) is 0 Å². The topological polar surface area (TPSA) is 146 Å². The van der Waals surface area contributed by atoms with E-state index in [1.807, 2.05) is 24.3 Å². The monoisotopic (exact) mass is 555 g/mol. The SMILES string of the molecule is Cc1oc(=O)oc1CN(C)[C@@H](C)C(=O)N[C@H]1CNCC[C@H]2CC[C@@H](C(=O)N[C@@H]3CCOc4ccccc43)N2C1=O. The number of hydrogen-bond acceptors (Lipinski definition) is 9. The van der Waals surface area contributed by atoms with Gasteiger partial charge < -0.3 is 34.4 Å². The molecule has 3 aliphatic heterocycles. The van der Waals surface area contributed by atoms with Gasteiger partial charge in [0.15, 0.2) is 5.76 Å². The summed E-state index contributed by atoms with van der Waals surface area (Å²) in [4.78, 5) is 55.4. The number of carbonyl (C=O) groups is 3. The fraction of sp³-hybridized carbons (Fsp3) is 0.571. The van der Waals surface area contributed by atoms with Crippen LogP contribution in [0.15, 0.2) is 37.9 Å². The van der Waals surface area contributed by atoms with Crippen LogP contribution in [0.4, 0.5) is 0 Å². The van der Waals surface area contributed by atoms with Gasteiger partial charge >= 0.3 is 5.82 Å². The zero-order valence-electron chi connectivity index (χ0n) is 23.1. The lowest BCUT2D eigenvalue weighted by atomic mass is 10.00. The van der Waals surface area contributed by atoms with Gasteiger partial charge in [-0.05, 0) is 52.8 Å². The molecule has 2 fully saturated rings. The van der Waals surface area contributed by atoms with Crippen molar-refractivity contribution in [3.63, 3.8) is 0 Å². The molecule has 0 radical (unpaired) electrons. The van der Waals surface area contributed by atoms with Crippen LogP contribution in [-0.2, 0) is 20.9 Å². The number of amides is 3. The Kier molecular flexibility index (Phi) is 8.27. The lowest BCUT2D eigenvalue weighted by Gasteiger charge is -2.36. The highest BCUT2D eigenvalue weighted by molar-refractivity contribution is 5.94. The van der Waals surface area contributed by atoms with Crippen LogP contribution in [0.5, 0.6) is 5.75 Å². The predicted octanol–water partition coefficient (Wildman–Crippen LogP) is 0.839. The molecule has 216 valence electrons. The minimum Gasteiger partial charge on any atom is -0.493 e. The molecule has 12 nitrogen and oxygen atoms in total. The molecule has 12 heteroatoms. The Morgan fingerprint density at radius 2 is 1.90 bits per heavy atom. The number of nitrogens with zero attached hydrogens (tertiary/aromatic N) is 2. The van der Waals surface area contributed by atoms with Gasteiger partial charge in [0.2, 0.25) is 17.7 Å². The highest BCUT2D eigenvalue weighted by Gasteiger charge is 2.44. The Morgan fingerprint density at radius 3 is 2.67 bits per heavy atom. The van der Waals surface area contributed by atoms with Crippen molar-refractivity contribution in [1.29, 1.82) is 0 Å². The van der Waals surface area contributed by atoms with Gasteiger partial charge in [-0.15, -0.1) is 0 Å². The van der Waals surface area contributed by atoms with Crippen molar-refractivity contribution in [3.8, 4) is 5.75 Å². The number of rotatable bonds is 7. The highest BCUT2D eigenvalue weighted by atomic mass is 16.6. The first kappa shape index (κ1) is 27.9. The van der Waals surface area contributed by atoms with E-state index in [1.54, 1.807) is 30.7 Å². The van der Waals surface area contributed by atoms with E-state index >= 15 is 0 Å². The van der Waals surface area contributed by atoms with E-state index in [0.29, 0.717) is 37.5 Å². The smallest absolute Gasteiger partial charge is 0.493 e. The Balaban J connectivity index is 1.26. The van der Waals surface area contributed by atoms with Crippen molar-refractivity contribution < 1.29 is 28.0 Å². The molecule has 3 N–H and O–H groups in total. The lowest BCUT2D eigenvalue weighted by molar-refractivity contribution is -0.144. The van der Waals surface area contributed by atoms with E-state index in [4.69, 9.17) is 13.6 Å². The van der Waals surface area contributed by atoms with Crippen LogP contribution in [0.2, 0.25) is 0 Å². The van der Waals surface area contributed by atoms with Gasteiger partial charge in [0.25, 0.3) is 0 Å². The van der Waals surface area contributed by atoms with Crippen molar-refractivity contribution in [2.75, 3.05) is 26.7 Å². The molecular formula is C28H37N5O7. The molecule has 5 atom stereocenters. The van der Waals surface area contributed by atoms with E-state index < -0.39 is 23.9 Å². The zero-order valence-corrected chi connectivity index (χ0v) is 23.1. The number of carbonyl (C=O) groups excluding carboxylic acids is 3. The number of fused-ring (bicyclic) bond motifs is 2. The van der Waals surface area contributed by atoms with Crippen LogP contribution < -0.4 is 26.5 Å². The third-order valence-electron chi connectivity index (χ3n) is 8.22. The number of nitrogens with one attached hydrogen (secondary N) is 3. The molecule has 1 aromatic carbocycles. The number of aryl methyl sites for hydroxylation is 1. The molecule has 2 aromatic rings. The van der Waals surface area contributed by atoms with Crippen LogP contribution in [0.25, 0.3) is 0 Å². The van der Waals surface area contributed by atoms with Crippen LogP contribution in [0.3, 0.4) is 0 Å². The summed E-state index contributed by atoms with van der Waals surface area (Å²) in [5.41, 5.74) is 0.938. The number of ether oxygens (including phenoxy) is 1. The second-order valence-electron chi connectivity index (χ2n) is 10.8. The first-order valence-corrected chi connectivity index (χ1v) is 13.9. The van der Waals surface area contributed by atoms with Gasteiger partial charge in [0.1, 0.15) is 23.6 Å². The van der Waals surface area contributed by atoms with Gasteiger partial charge in [-0.25, -0.2) is 4.79 Å². The summed E-state index contributed by atoms with van der Waals surface area (Å²) in [5.74, 6) is -0.104. The quantitative estimate of drug-likeness (QED) is 0.452. The average molecular weight is 556 g/mol. The minimum atomic E-state index is -0.822. The fourth-order valence-electron chi connectivity index (χ4n) is 5.79. The summed E-state index contributed by atoms with van der Waals surface area (Å²) in [6.07, 6.45) is 2.69. The summed E-state index contributed by atoms with van der Waals surface area (Å²) in [6.45, 7) is 4.98. The molecule has 0 bridgehead atoms. The second kappa shape index (κ2) is 11.8. The number of para-hydroxylation sites is 1. The predicted molar refractivity (Wildman–Crippen MR) is 143 cm³/mol. The minimum absolute atomic E-state index is 0.0792. The van der Waals surface area contributed by atoms with Gasteiger partial charge in [-0.1, -0.05) is 18.2 Å². The Bertz CT molecular complexity index is 1310. The third-order valence-corrected chi connectivity index (χ3v) is 8.22. The van der Waals surface area contributed by atoms with Crippen molar-refractivity contribution in [3.05, 3.63) is 52.0 Å². The molecular weight excluding hydrogens is 518 g/mol. The number of likely N-dealkylation sites (N-methyl/N-ethyl adjacent to an activating group) is 1. The molecule has 4 heterocycles. The highest BCUT2D eigenvalue weighted by Crippen LogP contribution is 2.33. The maximum atomic E-state index is 13.8. The summed E-state index contributed by atoms with van der Waals surface area (Å²) in [6, 6.07) is 5.36. The summed E-state index contributed by atoms with van der Waals surface area (Å²) in [5, 5.41) is 9.33. The molecule has 2 saturated heterocycles. The van der Waals surface area contributed by atoms with E-state index in [9.17, 15) is 19.2 Å². The molecule has 0 spiro atoms. The largest absolute Gasteiger partial charge is 0.519 e. The third kappa shape index (κ3) is 5.78. The maximum absolute atomic E-state index is 13.8. The van der Waals surface area contributed by atoms with E-state index in [2.05, 4.69) is 16.0 Å². The Morgan fingerprint density at radius 1 is 1.10 bits per heavy atom. The Labute approximate surface area is 232 Å². The molecule has 5 rings (SSSR count). The van der Waals surface area contributed by atoms with E-state index in [-0.39, 0.29) is 42.9 Å². The molecule has 3 amide bonds. The number of hydrogen-bond donors (Lipinski definition) is 3. The first-order valence-electron chi connectivity index (χ1n) is 13.9. The molecule has 0 aliphatic carbocycles. The average Bonchev–Trinajstić information content (AvgIpc) is 3.50. The lowest BCUT2D eigenvalue weighted by Crippen LogP contribution is -2.61. The van der Waals surface area contributed by atoms with Crippen molar-refractivity contribution in [2.45, 2.75) is 76.3 Å². The molecule has 40 heavy (non-hydrogen) atoms. The normalized spacial score (nSPS) is 25.3. The Hall–Kier alpha value is -3.64. The molecule has 0 saturated carbocycles. The van der Waals surface area contributed by atoms with Crippen LogP contribution in [0.1, 0.15) is 55.7 Å². The molecule has 3 aliphatic rings. The summed E-state index contributed by atoms with van der Waals surface area (Å²) in [7, 11) is 1.72. The van der Waals surface area contributed by atoms with Crippen molar-refractivity contribution in [1.82, 2.24) is 25.8 Å². The fourth-order valence-corrected chi connectivity index (χ4v) is 5.79. The van der Waals surface area contributed by atoms with E-state index in [0.717, 1.165) is 24.2 Å². The summed E-state index contributed by atoms with van der Waals surface area (Å²) >= 11 is 0. The first-order chi connectivity index (χ1) is 19.2. The maximum Gasteiger partial charge on any atom is 0.519 e. The standard InChI is InChI=1S/C28H37N5O7/c1-16(32(3)15-24-17(2)39-28(37)40-24)25(34)31-21-14-29-12-10-18-8-9-22(33(18)27(21)36)26(35)30-20-11-13-38-23-7-5-4-6-19(20)23/h4-7,16,18,20-22,29H,8-15H2,1-3H3,(H,30,35)(H,31,34)/t16-,18+,20+,21-,22-/m0/s1. The van der Waals surface area contributed by atoms with Gasteiger partial charge in [-0.2, -0.15) is 0 Å². The van der Waals surface area contributed by atoms with Crippen LogP contribution >= 0.6 is 0 Å². The van der Waals surface area contributed by atoms with Crippen LogP contribution in [0, 0.1) is 6.92 Å². The second-order valence-corrected chi connectivity index (χ2v) is 10.8. The summed E-state index contributed by atoms with van der Waals surface area (Å²) < 4.78 is 15.7. The zero-order chi connectivity index (χ0) is 28.4. The van der Waals surface area contributed by atoms with Gasteiger partial charge in [0.05, 0.1) is 25.2 Å².